The first kappa shape index (κ1) is 39.6. The van der Waals surface area contributed by atoms with Crippen LogP contribution in [0.3, 0.4) is 0 Å². The third-order valence-corrected chi connectivity index (χ3v) is 9.94. The van der Waals surface area contributed by atoms with Gasteiger partial charge in [0.15, 0.2) is 6.29 Å². The van der Waals surface area contributed by atoms with Gasteiger partial charge in [-0.05, 0) is 63.9 Å². The van der Waals surface area contributed by atoms with Crippen LogP contribution < -0.4 is 10.6 Å². The summed E-state index contributed by atoms with van der Waals surface area (Å²) >= 11 is 0. The van der Waals surface area contributed by atoms with E-state index in [4.69, 9.17) is 9.47 Å². The van der Waals surface area contributed by atoms with Crippen molar-refractivity contribution in [2.75, 3.05) is 13.1 Å². The van der Waals surface area contributed by atoms with Gasteiger partial charge in [0.1, 0.15) is 0 Å². The van der Waals surface area contributed by atoms with Crippen LogP contribution >= 0.6 is 0 Å². The molecule has 1 aliphatic rings. The number of hydrogen-bond donors (Lipinski definition) is 3. The van der Waals surface area contributed by atoms with Gasteiger partial charge in [0.2, 0.25) is 11.8 Å². The maximum Gasteiger partial charge on any atom is 0.220 e. The minimum atomic E-state index is -0.586. The molecule has 0 saturated carbocycles. The summed E-state index contributed by atoms with van der Waals surface area (Å²) in [5, 5.41) is 15.5. The van der Waals surface area contributed by atoms with Crippen LogP contribution in [0.4, 0.5) is 0 Å². The van der Waals surface area contributed by atoms with Crippen molar-refractivity contribution in [1.29, 1.82) is 0 Å². The molecule has 0 aromatic heterocycles. The summed E-state index contributed by atoms with van der Waals surface area (Å²) in [6, 6.07) is 45.8. The fourth-order valence-electron chi connectivity index (χ4n) is 7.06. The van der Waals surface area contributed by atoms with Crippen molar-refractivity contribution in [2.24, 2.45) is 0 Å². The lowest BCUT2D eigenvalue weighted by Crippen LogP contribution is -2.39. The number of amides is 2. The quantitative estimate of drug-likeness (QED) is 0.0781. The predicted molar refractivity (Wildman–Crippen MR) is 216 cm³/mol. The highest BCUT2D eigenvalue weighted by Crippen LogP contribution is 2.39. The Labute approximate surface area is 325 Å². The van der Waals surface area contributed by atoms with Crippen molar-refractivity contribution < 1.29 is 24.2 Å². The first-order valence-electron chi connectivity index (χ1n) is 19.4. The largest absolute Gasteiger partial charge is 0.392 e. The average molecular weight is 740 g/mol. The zero-order chi connectivity index (χ0) is 38.2. The van der Waals surface area contributed by atoms with E-state index in [1.54, 1.807) is 0 Å². The molecule has 0 spiro atoms. The van der Waals surface area contributed by atoms with E-state index in [1.807, 2.05) is 30.3 Å². The number of carbonyl (C=O) groups is 2. The van der Waals surface area contributed by atoms with Gasteiger partial charge in [-0.3, -0.25) is 14.5 Å². The molecule has 0 aliphatic carbocycles. The van der Waals surface area contributed by atoms with Gasteiger partial charge in [-0.15, -0.1) is 0 Å². The lowest BCUT2D eigenvalue weighted by Gasteiger charge is -2.38. The predicted octanol–water partition coefficient (Wildman–Crippen LogP) is 8.41. The van der Waals surface area contributed by atoms with E-state index in [0.29, 0.717) is 25.9 Å². The first-order chi connectivity index (χ1) is 26.9. The summed E-state index contributed by atoms with van der Waals surface area (Å²) in [6.45, 7) is 4.92. The van der Waals surface area contributed by atoms with Crippen molar-refractivity contribution >= 4 is 11.8 Å². The summed E-state index contributed by atoms with van der Waals surface area (Å²) in [5.41, 5.74) is 8.48. The second-order valence-electron chi connectivity index (χ2n) is 14.4. The third kappa shape index (κ3) is 12.5. The average Bonchev–Trinajstić information content (AvgIpc) is 3.22. The lowest BCUT2D eigenvalue weighted by molar-refractivity contribution is -0.253. The number of carbonyl (C=O) groups excluding carboxylic acids is 2. The molecule has 8 nitrogen and oxygen atoms in total. The zero-order valence-electron chi connectivity index (χ0n) is 31.7. The minimum absolute atomic E-state index is 0.00339. The second kappa shape index (κ2) is 20.5. The van der Waals surface area contributed by atoms with Gasteiger partial charge in [-0.2, -0.15) is 0 Å². The van der Waals surface area contributed by atoms with Gasteiger partial charge in [-0.25, -0.2) is 0 Å². The molecule has 8 heteroatoms. The molecule has 0 radical (unpaired) electrons. The highest BCUT2D eigenvalue weighted by molar-refractivity contribution is 5.76. The summed E-state index contributed by atoms with van der Waals surface area (Å²) in [7, 11) is 0. The molecule has 1 heterocycles. The van der Waals surface area contributed by atoms with Crippen molar-refractivity contribution in [3.8, 4) is 11.1 Å². The van der Waals surface area contributed by atoms with Crippen LogP contribution in [0.5, 0.6) is 0 Å². The Balaban J connectivity index is 1.16. The SMILES string of the molecule is CC(=O)NCCCCCC(=O)NCc1cccc(-c2cccc([C@@H]3O[C@H](CN(Cc4ccccc4)Cc4ccccc4)C[C@H](c4ccc(CO)cc4)O3)c2)c1. The normalized spacial score (nSPS) is 16.8. The van der Waals surface area contributed by atoms with Gasteiger partial charge in [0.05, 0.1) is 18.8 Å². The highest BCUT2D eigenvalue weighted by Gasteiger charge is 2.33. The molecule has 6 rings (SSSR count). The standard InChI is InChI=1S/C47H53N3O5/c1-35(52)48-26-10-4-9-21-46(53)49-30-39-17-11-18-41(27-39)42-19-12-20-43(28-42)47-54-44(29-45(55-47)40-24-22-38(34-51)23-25-40)33-50(31-36-13-5-2-6-14-36)32-37-15-7-3-8-16-37/h2-3,5-8,11-20,22-25,27-28,44-45,47,51H,4,9-10,21,26,29-34H2,1H3,(H,48,52)(H,49,53)/t44-,45+,47+/m0/s1. The first-order valence-corrected chi connectivity index (χ1v) is 19.4. The van der Waals surface area contributed by atoms with Crippen LogP contribution in [0, 0.1) is 0 Å². The van der Waals surface area contributed by atoms with Crippen molar-refractivity contribution in [3.63, 3.8) is 0 Å². The molecular formula is C47H53N3O5. The fraction of sp³-hybridized carbons (Fsp3) is 0.319. The minimum Gasteiger partial charge on any atom is -0.392 e. The van der Waals surface area contributed by atoms with Gasteiger partial charge >= 0.3 is 0 Å². The monoisotopic (exact) mass is 739 g/mol. The van der Waals surface area contributed by atoms with E-state index in [1.165, 1.54) is 18.1 Å². The molecule has 2 amide bonds. The Morgan fingerprint density at radius 1 is 0.673 bits per heavy atom. The lowest BCUT2D eigenvalue weighted by atomic mass is 9.98. The number of nitrogens with zero attached hydrogens (tertiary/aromatic N) is 1. The Morgan fingerprint density at radius 2 is 1.33 bits per heavy atom. The topological polar surface area (TPSA) is 100 Å². The van der Waals surface area contributed by atoms with Gasteiger partial charge in [0.25, 0.3) is 0 Å². The number of ether oxygens (including phenoxy) is 2. The fourth-order valence-corrected chi connectivity index (χ4v) is 7.06. The van der Waals surface area contributed by atoms with Crippen molar-refractivity contribution in [1.82, 2.24) is 15.5 Å². The number of rotatable bonds is 18. The summed E-state index contributed by atoms with van der Waals surface area (Å²) < 4.78 is 13.6. The molecule has 55 heavy (non-hydrogen) atoms. The van der Waals surface area contributed by atoms with Gasteiger partial charge in [-0.1, -0.05) is 128 Å². The van der Waals surface area contributed by atoms with Gasteiger partial charge in [0, 0.05) is 58.1 Å². The Kier molecular flexibility index (Phi) is 14.8. The molecule has 5 aromatic carbocycles. The van der Waals surface area contributed by atoms with E-state index in [0.717, 1.165) is 72.3 Å². The molecular weight excluding hydrogens is 687 g/mol. The number of hydrogen-bond acceptors (Lipinski definition) is 6. The van der Waals surface area contributed by atoms with E-state index in [2.05, 4.69) is 119 Å². The van der Waals surface area contributed by atoms with Crippen LogP contribution in [-0.2, 0) is 45.3 Å². The van der Waals surface area contributed by atoms with E-state index < -0.39 is 6.29 Å². The number of benzene rings is 5. The van der Waals surface area contributed by atoms with Gasteiger partial charge < -0.3 is 25.2 Å². The van der Waals surface area contributed by atoms with E-state index >= 15 is 0 Å². The Hall–Kier alpha value is -5.12. The van der Waals surface area contributed by atoms with Crippen molar-refractivity contribution in [3.05, 3.63) is 167 Å². The third-order valence-electron chi connectivity index (χ3n) is 9.94. The molecule has 0 bridgehead atoms. The Morgan fingerprint density at radius 3 is 2.00 bits per heavy atom. The molecule has 1 aliphatic heterocycles. The van der Waals surface area contributed by atoms with E-state index in [9.17, 15) is 14.7 Å². The van der Waals surface area contributed by atoms with E-state index in [-0.39, 0.29) is 30.6 Å². The molecule has 5 aromatic rings. The number of aliphatic hydroxyl groups is 1. The number of aliphatic hydroxyl groups excluding tert-OH is 1. The maximum atomic E-state index is 12.5. The smallest absolute Gasteiger partial charge is 0.220 e. The molecule has 3 N–H and O–H groups in total. The molecule has 286 valence electrons. The zero-order valence-corrected chi connectivity index (χ0v) is 31.7. The number of nitrogens with one attached hydrogen (secondary N) is 2. The summed E-state index contributed by atoms with van der Waals surface area (Å²) in [4.78, 5) is 26.0. The maximum absolute atomic E-state index is 12.5. The number of unbranched alkanes of at least 4 members (excludes halogenated alkanes) is 2. The highest BCUT2D eigenvalue weighted by atomic mass is 16.7. The molecule has 0 unspecified atom stereocenters. The summed E-state index contributed by atoms with van der Waals surface area (Å²) in [5.74, 6) is 0.00213. The Bertz CT molecular complexity index is 1890. The van der Waals surface area contributed by atoms with Crippen LogP contribution in [-0.4, -0.2) is 41.0 Å². The molecule has 3 atom stereocenters. The molecule has 1 saturated heterocycles. The second-order valence-corrected chi connectivity index (χ2v) is 14.4. The molecule has 1 fully saturated rings. The van der Waals surface area contributed by atoms with Crippen molar-refractivity contribution in [2.45, 2.75) is 83.8 Å². The van der Waals surface area contributed by atoms with Crippen LogP contribution in [0.1, 0.15) is 84.8 Å². The van der Waals surface area contributed by atoms with Crippen LogP contribution in [0.2, 0.25) is 0 Å². The summed E-state index contributed by atoms with van der Waals surface area (Å²) in [6.07, 6.45) is 2.82. The van der Waals surface area contributed by atoms with Crippen LogP contribution in [0.25, 0.3) is 11.1 Å². The van der Waals surface area contributed by atoms with Crippen LogP contribution in [0.15, 0.2) is 133 Å².